The van der Waals surface area contributed by atoms with Crippen LogP contribution in [-0.2, 0) is 17.9 Å². The molecule has 9 heteroatoms. The molecule has 1 fully saturated rings. The molecular formula is C19H26N6O3. The lowest BCUT2D eigenvalue weighted by molar-refractivity contribution is -0.0875. The van der Waals surface area contributed by atoms with Gasteiger partial charge in [0.15, 0.2) is 11.6 Å². The first-order valence-electron chi connectivity index (χ1n) is 9.42. The van der Waals surface area contributed by atoms with Gasteiger partial charge in [-0.05, 0) is 12.6 Å². The van der Waals surface area contributed by atoms with E-state index in [2.05, 4.69) is 32.3 Å². The Morgan fingerprint density at radius 1 is 1.29 bits per heavy atom. The number of hydroxylamine groups is 1. The van der Waals surface area contributed by atoms with E-state index in [9.17, 15) is 0 Å². The van der Waals surface area contributed by atoms with E-state index in [1.807, 2.05) is 25.3 Å². The molecule has 0 atom stereocenters. The van der Waals surface area contributed by atoms with Gasteiger partial charge >= 0.3 is 0 Å². The van der Waals surface area contributed by atoms with E-state index in [1.165, 1.54) is 0 Å². The SMILES string of the molecule is COc1ccc(CN(Cc2coc(C)n2)C2=NC3(CCN(C)CC3)ON2)cn1. The Labute approximate surface area is 164 Å². The normalized spacial score (nSPS) is 18.8. The summed E-state index contributed by atoms with van der Waals surface area (Å²) in [6.45, 7) is 4.92. The summed E-state index contributed by atoms with van der Waals surface area (Å²) in [7, 11) is 3.73. The molecule has 0 bridgehead atoms. The van der Waals surface area contributed by atoms with Gasteiger partial charge in [0, 0.05) is 51.7 Å². The Balaban J connectivity index is 1.55. The van der Waals surface area contributed by atoms with Crippen molar-refractivity contribution in [2.45, 2.75) is 38.6 Å². The first kappa shape index (κ1) is 18.7. The molecule has 2 aliphatic rings. The minimum absolute atomic E-state index is 0.488. The van der Waals surface area contributed by atoms with Gasteiger partial charge in [-0.15, -0.1) is 0 Å². The monoisotopic (exact) mass is 386 g/mol. The second kappa shape index (κ2) is 7.76. The van der Waals surface area contributed by atoms with Crippen LogP contribution in [0.15, 0.2) is 34.0 Å². The lowest BCUT2D eigenvalue weighted by atomic mass is 10.0. The van der Waals surface area contributed by atoms with E-state index in [0.29, 0.717) is 30.8 Å². The van der Waals surface area contributed by atoms with Gasteiger partial charge in [0.05, 0.1) is 19.3 Å². The number of oxazole rings is 1. The van der Waals surface area contributed by atoms with Crippen LogP contribution in [0.25, 0.3) is 0 Å². The number of piperidine rings is 1. The summed E-state index contributed by atoms with van der Waals surface area (Å²) in [6.07, 6.45) is 5.21. The summed E-state index contributed by atoms with van der Waals surface area (Å²) in [5, 5.41) is 0. The molecule has 1 N–H and O–H groups in total. The van der Waals surface area contributed by atoms with E-state index in [4.69, 9.17) is 19.0 Å². The van der Waals surface area contributed by atoms with Crippen molar-refractivity contribution in [3.8, 4) is 5.88 Å². The molecule has 0 aromatic carbocycles. The van der Waals surface area contributed by atoms with E-state index in [-0.39, 0.29) is 0 Å². The lowest BCUT2D eigenvalue weighted by Gasteiger charge is -2.33. The van der Waals surface area contributed by atoms with E-state index in [1.54, 1.807) is 13.4 Å². The molecule has 0 amide bonds. The van der Waals surface area contributed by atoms with Crippen LogP contribution in [0.2, 0.25) is 0 Å². The molecule has 1 saturated heterocycles. The zero-order chi connectivity index (χ0) is 19.6. The minimum atomic E-state index is -0.488. The first-order chi connectivity index (χ1) is 13.5. The number of pyridine rings is 1. The number of hydrogen-bond donors (Lipinski definition) is 1. The maximum absolute atomic E-state index is 5.94. The summed E-state index contributed by atoms with van der Waals surface area (Å²) in [5.41, 5.74) is 4.45. The molecule has 150 valence electrons. The maximum Gasteiger partial charge on any atom is 0.222 e. The van der Waals surface area contributed by atoms with Crippen molar-refractivity contribution in [2.24, 2.45) is 4.99 Å². The number of likely N-dealkylation sites (tertiary alicyclic amines) is 1. The van der Waals surface area contributed by atoms with Crippen LogP contribution < -0.4 is 10.2 Å². The molecule has 4 heterocycles. The Morgan fingerprint density at radius 2 is 2.11 bits per heavy atom. The van der Waals surface area contributed by atoms with Crippen molar-refractivity contribution >= 4 is 5.96 Å². The maximum atomic E-state index is 5.94. The van der Waals surface area contributed by atoms with Crippen LogP contribution in [0.5, 0.6) is 5.88 Å². The summed E-state index contributed by atoms with van der Waals surface area (Å²) in [6, 6.07) is 3.85. The average Bonchev–Trinajstić information content (AvgIpc) is 3.31. The van der Waals surface area contributed by atoms with Gasteiger partial charge in [-0.3, -0.25) is 0 Å². The summed E-state index contributed by atoms with van der Waals surface area (Å²) < 4.78 is 10.5. The topological polar surface area (TPSA) is 88.2 Å². The number of guanidine groups is 1. The largest absolute Gasteiger partial charge is 0.481 e. The Bertz CT molecular complexity index is 826. The molecule has 0 aliphatic carbocycles. The van der Waals surface area contributed by atoms with Crippen molar-refractivity contribution in [1.82, 2.24) is 25.2 Å². The fourth-order valence-electron chi connectivity index (χ4n) is 3.42. The Hall–Kier alpha value is -2.65. The van der Waals surface area contributed by atoms with Crippen molar-refractivity contribution in [1.29, 1.82) is 0 Å². The van der Waals surface area contributed by atoms with Crippen LogP contribution in [-0.4, -0.2) is 58.7 Å². The van der Waals surface area contributed by atoms with Crippen molar-refractivity contribution in [3.63, 3.8) is 0 Å². The molecule has 0 unspecified atom stereocenters. The van der Waals surface area contributed by atoms with Crippen molar-refractivity contribution in [3.05, 3.63) is 41.7 Å². The summed E-state index contributed by atoms with van der Waals surface area (Å²) in [4.78, 5) is 24.0. The fraction of sp³-hybridized carbons (Fsp3) is 0.526. The smallest absolute Gasteiger partial charge is 0.222 e. The third-order valence-corrected chi connectivity index (χ3v) is 5.11. The van der Waals surface area contributed by atoms with Gasteiger partial charge < -0.3 is 19.0 Å². The molecule has 2 aromatic heterocycles. The molecule has 2 aromatic rings. The molecule has 4 rings (SSSR count). The Kier molecular flexibility index (Phi) is 5.19. The molecular weight excluding hydrogens is 360 g/mol. The van der Waals surface area contributed by atoms with Crippen LogP contribution in [0.3, 0.4) is 0 Å². The second-order valence-corrected chi connectivity index (χ2v) is 7.31. The van der Waals surface area contributed by atoms with Crippen molar-refractivity contribution < 1.29 is 14.0 Å². The van der Waals surface area contributed by atoms with Gasteiger partial charge in [0.1, 0.15) is 6.26 Å². The highest BCUT2D eigenvalue weighted by Gasteiger charge is 2.40. The molecule has 0 radical (unpaired) electrons. The standard InChI is InChI=1S/C19H26N6O3/c1-14-21-16(13-27-14)12-25(11-15-4-5-17(26-3)20-10-15)18-22-19(28-23-18)6-8-24(2)9-7-19/h4-5,10,13H,6-9,11-12H2,1-3H3,(H,22,23). The molecule has 0 saturated carbocycles. The number of nitrogens with zero attached hydrogens (tertiary/aromatic N) is 5. The van der Waals surface area contributed by atoms with Gasteiger partial charge in [-0.25, -0.2) is 25.3 Å². The van der Waals surface area contributed by atoms with Crippen molar-refractivity contribution in [2.75, 3.05) is 27.2 Å². The highest BCUT2D eigenvalue weighted by molar-refractivity contribution is 5.80. The van der Waals surface area contributed by atoms with Crippen LogP contribution >= 0.6 is 0 Å². The zero-order valence-corrected chi connectivity index (χ0v) is 16.5. The molecule has 9 nitrogen and oxygen atoms in total. The van der Waals surface area contributed by atoms with E-state index < -0.39 is 5.72 Å². The molecule has 28 heavy (non-hydrogen) atoms. The number of aromatic nitrogens is 2. The van der Waals surface area contributed by atoms with E-state index >= 15 is 0 Å². The quantitative estimate of drug-likeness (QED) is 0.831. The third kappa shape index (κ3) is 4.10. The number of rotatable bonds is 5. The number of nitrogens with one attached hydrogen (secondary N) is 1. The fourth-order valence-corrected chi connectivity index (χ4v) is 3.42. The van der Waals surface area contributed by atoms with Gasteiger partial charge in [0.25, 0.3) is 0 Å². The third-order valence-electron chi connectivity index (χ3n) is 5.11. The number of aliphatic imine (C=N–C) groups is 1. The predicted octanol–water partition coefficient (Wildman–Crippen LogP) is 1.70. The molecule has 2 aliphatic heterocycles. The number of ether oxygens (including phenoxy) is 1. The predicted molar refractivity (Wildman–Crippen MR) is 102 cm³/mol. The van der Waals surface area contributed by atoms with Crippen LogP contribution in [0, 0.1) is 6.92 Å². The Morgan fingerprint density at radius 3 is 2.75 bits per heavy atom. The second-order valence-electron chi connectivity index (χ2n) is 7.31. The van der Waals surface area contributed by atoms with Crippen LogP contribution in [0.1, 0.15) is 30.0 Å². The van der Waals surface area contributed by atoms with E-state index in [0.717, 1.165) is 37.2 Å². The number of hydrogen-bond acceptors (Lipinski definition) is 9. The minimum Gasteiger partial charge on any atom is -0.481 e. The molecule has 1 spiro atoms. The summed E-state index contributed by atoms with van der Waals surface area (Å²) in [5.74, 6) is 1.94. The highest BCUT2D eigenvalue weighted by Crippen LogP contribution is 2.30. The zero-order valence-electron chi connectivity index (χ0n) is 16.5. The van der Waals surface area contributed by atoms with Gasteiger partial charge in [-0.1, -0.05) is 6.07 Å². The van der Waals surface area contributed by atoms with Crippen LogP contribution in [0.4, 0.5) is 0 Å². The van der Waals surface area contributed by atoms with Gasteiger partial charge in [0.2, 0.25) is 11.8 Å². The first-order valence-corrected chi connectivity index (χ1v) is 9.42. The average molecular weight is 386 g/mol. The summed E-state index contributed by atoms with van der Waals surface area (Å²) >= 11 is 0. The lowest BCUT2D eigenvalue weighted by Crippen LogP contribution is -2.43. The number of aryl methyl sites for hydroxylation is 1. The highest BCUT2D eigenvalue weighted by atomic mass is 16.7. The number of methoxy groups -OCH3 is 1. The van der Waals surface area contributed by atoms with Gasteiger partial charge in [-0.2, -0.15) is 0 Å².